The average Bonchev–Trinajstić information content (AvgIpc) is 2.46. The van der Waals surface area contributed by atoms with Gasteiger partial charge < -0.3 is 10.2 Å². The predicted octanol–water partition coefficient (Wildman–Crippen LogP) is 2.05. The molecule has 100 valence electrons. The van der Waals surface area contributed by atoms with E-state index in [1.165, 1.54) is 5.56 Å². The summed E-state index contributed by atoms with van der Waals surface area (Å²) in [5, 5.41) is 3.34. The first-order valence-electron chi connectivity index (χ1n) is 6.42. The van der Waals surface area contributed by atoms with Gasteiger partial charge in [-0.1, -0.05) is 30.3 Å². The minimum atomic E-state index is 0.270. The molecular weight excluding hydrogens is 236 g/mol. The van der Waals surface area contributed by atoms with Crippen LogP contribution in [0.25, 0.3) is 0 Å². The van der Waals surface area contributed by atoms with Gasteiger partial charge in [0.1, 0.15) is 0 Å². The van der Waals surface area contributed by atoms with Crippen molar-refractivity contribution in [3.05, 3.63) is 53.9 Å². The van der Waals surface area contributed by atoms with Gasteiger partial charge in [0.25, 0.3) is 0 Å². The number of hydrogen-bond donors (Lipinski definition) is 1. The monoisotopic (exact) mass is 256 g/mol. The Bertz CT molecular complexity index is 511. The van der Waals surface area contributed by atoms with Gasteiger partial charge in [-0.3, -0.25) is 0 Å². The summed E-state index contributed by atoms with van der Waals surface area (Å²) in [7, 11) is 5.88. The molecule has 1 aromatic heterocycles. The lowest BCUT2D eigenvalue weighted by Crippen LogP contribution is -2.20. The van der Waals surface area contributed by atoms with Crippen molar-refractivity contribution >= 4 is 5.95 Å². The first kappa shape index (κ1) is 13.5. The van der Waals surface area contributed by atoms with Crippen LogP contribution in [-0.2, 0) is 6.42 Å². The molecule has 0 saturated carbocycles. The van der Waals surface area contributed by atoms with Crippen molar-refractivity contribution in [2.75, 3.05) is 26.0 Å². The minimum absolute atomic E-state index is 0.270. The van der Waals surface area contributed by atoms with Crippen molar-refractivity contribution in [1.29, 1.82) is 0 Å². The third-order valence-corrected chi connectivity index (χ3v) is 3.06. The molecule has 19 heavy (non-hydrogen) atoms. The van der Waals surface area contributed by atoms with Gasteiger partial charge in [-0.2, -0.15) is 0 Å². The lowest BCUT2D eigenvalue weighted by atomic mass is 10.0. The molecule has 0 aliphatic carbocycles. The zero-order valence-corrected chi connectivity index (χ0v) is 11.7. The molecule has 0 spiro atoms. The fourth-order valence-electron chi connectivity index (χ4n) is 1.99. The van der Waals surface area contributed by atoms with Crippen LogP contribution in [0, 0.1) is 0 Å². The Hall–Kier alpha value is -1.94. The summed E-state index contributed by atoms with van der Waals surface area (Å²) >= 11 is 0. The quantitative estimate of drug-likeness (QED) is 0.889. The van der Waals surface area contributed by atoms with E-state index < -0.39 is 0 Å². The van der Waals surface area contributed by atoms with Crippen LogP contribution in [0.3, 0.4) is 0 Å². The van der Waals surface area contributed by atoms with E-state index in [2.05, 4.69) is 39.6 Å². The maximum atomic E-state index is 4.56. The summed E-state index contributed by atoms with van der Waals surface area (Å²) < 4.78 is 0. The van der Waals surface area contributed by atoms with E-state index in [-0.39, 0.29) is 6.04 Å². The molecule has 4 heteroatoms. The predicted molar refractivity (Wildman–Crippen MR) is 78.3 cm³/mol. The molecule has 0 bridgehead atoms. The number of hydrogen-bond acceptors (Lipinski definition) is 4. The minimum Gasteiger partial charge on any atom is -0.347 e. The van der Waals surface area contributed by atoms with Gasteiger partial charge in [-0.05, 0) is 18.7 Å². The Morgan fingerprint density at radius 1 is 1.16 bits per heavy atom. The van der Waals surface area contributed by atoms with Crippen molar-refractivity contribution in [2.45, 2.75) is 12.5 Å². The standard InChI is InChI=1S/C15H20N4/c1-16-14(12-7-5-4-6-8-12)11-13-9-10-17-15(18-13)19(2)3/h4-10,14,16H,11H2,1-3H3. The van der Waals surface area contributed by atoms with E-state index in [1.807, 2.05) is 44.4 Å². The van der Waals surface area contributed by atoms with Crippen LogP contribution < -0.4 is 10.2 Å². The molecular formula is C15H20N4. The number of anilines is 1. The summed E-state index contributed by atoms with van der Waals surface area (Å²) in [5.74, 6) is 0.750. The number of benzene rings is 1. The Labute approximate surface area is 114 Å². The van der Waals surface area contributed by atoms with Crippen LogP contribution in [0.1, 0.15) is 17.3 Å². The van der Waals surface area contributed by atoms with Crippen molar-refractivity contribution in [3.8, 4) is 0 Å². The third kappa shape index (κ3) is 3.51. The fourth-order valence-corrected chi connectivity index (χ4v) is 1.99. The van der Waals surface area contributed by atoms with Crippen molar-refractivity contribution in [1.82, 2.24) is 15.3 Å². The first-order valence-corrected chi connectivity index (χ1v) is 6.42. The smallest absolute Gasteiger partial charge is 0.224 e. The van der Waals surface area contributed by atoms with Crippen LogP contribution >= 0.6 is 0 Å². The molecule has 2 rings (SSSR count). The largest absolute Gasteiger partial charge is 0.347 e. The number of nitrogens with zero attached hydrogens (tertiary/aromatic N) is 3. The van der Waals surface area contributed by atoms with Crippen molar-refractivity contribution in [3.63, 3.8) is 0 Å². The highest BCUT2D eigenvalue weighted by Gasteiger charge is 2.11. The second kappa shape index (κ2) is 6.29. The molecule has 0 radical (unpaired) electrons. The second-order valence-corrected chi connectivity index (χ2v) is 4.70. The Balaban J connectivity index is 2.17. The van der Waals surface area contributed by atoms with E-state index in [9.17, 15) is 0 Å². The zero-order valence-electron chi connectivity index (χ0n) is 11.7. The van der Waals surface area contributed by atoms with Gasteiger partial charge in [0.15, 0.2) is 0 Å². The van der Waals surface area contributed by atoms with Crippen LogP contribution in [0.15, 0.2) is 42.6 Å². The highest BCUT2D eigenvalue weighted by atomic mass is 15.2. The molecule has 0 aliphatic heterocycles. The maximum Gasteiger partial charge on any atom is 0.224 e. The number of rotatable bonds is 5. The molecule has 1 atom stereocenters. The van der Waals surface area contributed by atoms with Crippen LogP contribution in [0.2, 0.25) is 0 Å². The summed E-state index contributed by atoms with van der Waals surface area (Å²) in [5.41, 5.74) is 2.32. The molecule has 4 nitrogen and oxygen atoms in total. The molecule has 1 aromatic carbocycles. The molecule has 0 fully saturated rings. The molecule has 2 aromatic rings. The summed E-state index contributed by atoms with van der Waals surface area (Å²) in [6, 6.07) is 12.7. The summed E-state index contributed by atoms with van der Waals surface area (Å²) in [6.45, 7) is 0. The summed E-state index contributed by atoms with van der Waals surface area (Å²) in [6.07, 6.45) is 2.67. The lowest BCUT2D eigenvalue weighted by Gasteiger charge is -2.17. The molecule has 0 saturated heterocycles. The highest BCUT2D eigenvalue weighted by molar-refractivity contribution is 5.28. The van der Waals surface area contributed by atoms with E-state index in [1.54, 1.807) is 0 Å². The van der Waals surface area contributed by atoms with Gasteiger partial charge >= 0.3 is 0 Å². The van der Waals surface area contributed by atoms with E-state index >= 15 is 0 Å². The molecule has 1 heterocycles. The zero-order chi connectivity index (χ0) is 13.7. The highest BCUT2D eigenvalue weighted by Crippen LogP contribution is 2.17. The maximum absolute atomic E-state index is 4.56. The van der Waals surface area contributed by atoms with Crippen LogP contribution in [-0.4, -0.2) is 31.1 Å². The Kier molecular flexibility index (Phi) is 4.47. The van der Waals surface area contributed by atoms with Gasteiger partial charge in [0.05, 0.1) is 0 Å². The molecule has 1 N–H and O–H groups in total. The first-order chi connectivity index (χ1) is 9.20. The topological polar surface area (TPSA) is 41.1 Å². The number of aromatic nitrogens is 2. The van der Waals surface area contributed by atoms with Crippen LogP contribution in [0.4, 0.5) is 5.95 Å². The Morgan fingerprint density at radius 2 is 1.89 bits per heavy atom. The normalized spacial score (nSPS) is 12.2. The van der Waals surface area contributed by atoms with E-state index in [4.69, 9.17) is 0 Å². The average molecular weight is 256 g/mol. The molecule has 0 aliphatic rings. The van der Waals surface area contributed by atoms with Crippen molar-refractivity contribution in [2.24, 2.45) is 0 Å². The fraction of sp³-hybridized carbons (Fsp3) is 0.333. The number of likely N-dealkylation sites (N-methyl/N-ethyl adjacent to an activating group) is 1. The number of nitrogens with one attached hydrogen (secondary N) is 1. The third-order valence-electron chi connectivity index (χ3n) is 3.06. The molecule has 1 unspecified atom stereocenters. The van der Waals surface area contributed by atoms with Gasteiger partial charge in [-0.15, -0.1) is 0 Å². The SMILES string of the molecule is CNC(Cc1ccnc(N(C)C)n1)c1ccccc1. The van der Waals surface area contributed by atoms with Gasteiger partial charge in [0, 0.05) is 38.4 Å². The van der Waals surface area contributed by atoms with Crippen LogP contribution in [0.5, 0.6) is 0 Å². The second-order valence-electron chi connectivity index (χ2n) is 4.70. The van der Waals surface area contributed by atoms with E-state index in [0.717, 1.165) is 18.1 Å². The van der Waals surface area contributed by atoms with E-state index in [0.29, 0.717) is 0 Å². The summed E-state index contributed by atoms with van der Waals surface area (Å²) in [4.78, 5) is 10.7. The van der Waals surface area contributed by atoms with Crippen molar-refractivity contribution < 1.29 is 0 Å². The van der Waals surface area contributed by atoms with Gasteiger partial charge in [0.2, 0.25) is 5.95 Å². The lowest BCUT2D eigenvalue weighted by molar-refractivity contribution is 0.583. The molecule has 0 amide bonds. The Morgan fingerprint density at radius 3 is 2.53 bits per heavy atom. The van der Waals surface area contributed by atoms with Gasteiger partial charge in [-0.25, -0.2) is 9.97 Å².